The summed E-state index contributed by atoms with van der Waals surface area (Å²) in [5, 5.41) is 3.42. The highest BCUT2D eigenvalue weighted by molar-refractivity contribution is 5.80. The van der Waals surface area contributed by atoms with Crippen LogP contribution in [0.25, 0.3) is 0 Å². The molecule has 2 fully saturated rings. The third kappa shape index (κ3) is 5.68. The van der Waals surface area contributed by atoms with Crippen molar-refractivity contribution in [1.82, 2.24) is 15.1 Å². The number of nitrogens with zero attached hydrogens (tertiary/aromatic N) is 3. The Hall–Kier alpha value is -1.30. The minimum atomic E-state index is -0.194. The standard InChI is InChI=1S/C17H33N5O/c1-4-19-17(20-11-15(21(2)3)14-7-8-14)22-9-5-6-13(12-22)10-16(18)23/h13-15H,4-12H2,1-3H3,(H2,18,23)(H,19,20). The molecule has 0 aromatic carbocycles. The number of carbonyl (C=O) groups excluding carboxylic acids is 1. The van der Waals surface area contributed by atoms with Crippen LogP contribution < -0.4 is 11.1 Å². The Morgan fingerprint density at radius 2 is 2.13 bits per heavy atom. The Labute approximate surface area is 140 Å². The number of hydrogen-bond acceptors (Lipinski definition) is 3. The topological polar surface area (TPSA) is 74.0 Å². The lowest BCUT2D eigenvalue weighted by molar-refractivity contribution is -0.119. The zero-order chi connectivity index (χ0) is 16.8. The molecular formula is C17H33N5O. The summed E-state index contributed by atoms with van der Waals surface area (Å²) in [5.41, 5.74) is 5.37. The van der Waals surface area contributed by atoms with Crippen LogP contribution in [0, 0.1) is 11.8 Å². The number of likely N-dealkylation sites (tertiary alicyclic amines) is 1. The van der Waals surface area contributed by atoms with E-state index in [2.05, 4.69) is 36.1 Å². The van der Waals surface area contributed by atoms with Crippen molar-refractivity contribution in [2.45, 2.75) is 45.1 Å². The van der Waals surface area contributed by atoms with Gasteiger partial charge in [-0.05, 0) is 58.5 Å². The minimum Gasteiger partial charge on any atom is -0.370 e. The smallest absolute Gasteiger partial charge is 0.217 e. The molecule has 0 bridgehead atoms. The number of carbonyl (C=O) groups is 1. The number of aliphatic imine (C=N–C) groups is 1. The maximum absolute atomic E-state index is 11.2. The number of guanidine groups is 1. The molecule has 2 atom stereocenters. The number of nitrogens with two attached hydrogens (primary N) is 1. The van der Waals surface area contributed by atoms with Gasteiger partial charge < -0.3 is 20.9 Å². The third-order valence-corrected chi connectivity index (χ3v) is 4.90. The second-order valence-corrected chi connectivity index (χ2v) is 7.19. The Morgan fingerprint density at radius 3 is 2.70 bits per heavy atom. The third-order valence-electron chi connectivity index (χ3n) is 4.90. The van der Waals surface area contributed by atoms with Gasteiger partial charge in [0.2, 0.25) is 5.91 Å². The first kappa shape index (κ1) is 18.0. The zero-order valence-corrected chi connectivity index (χ0v) is 14.9. The monoisotopic (exact) mass is 323 g/mol. The molecule has 2 unspecified atom stereocenters. The first-order chi connectivity index (χ1) is 11.0. The molecule has 0 radical (unpaired) electrons. The highest BCUT2D eigenvalue weighted by atomic mass is 16.1. The average Bonchev–Trinajstić information content (AvgIpc) is 3.30. The van der Waals surface area contributed by atoms with E-state index in [1.165, 1.54) is 12.8 Å². The van der Waals surface area contributed by atoms with E-state index in [0.29, 0.717) is 18.4 Å². The van der Waals surface area contributed by atoms with E-state index < -0.39 is 0 Å². The van der Waals surface area contributed by atoms with Crippen LogP contribution in [-0.4, -0.2) is 68.0 Å². The number of hydrogen-bond donors (Lipinski definition) is 2. The summed E-state index contributed by atoms with van der Waals surface area (Å²) >= 11 is 0. The van der Waals surface area contributed by atoms with Crippen molar-refractivity contribution >= 4 is 11.9 Å². The summed E-state index contributed by atoms with van der Waals surface area (Å²) in [6.45, 7) is 5.70. The zero-order valence-electron chi connectivity index (χ0n) is 14.9. The van der Waals surface area contributed by atoms with Gasteiger partial charge in [0, 0.05) is 32.1 Å². The number of primary amides is 1. The molecular weight excluding hydrogens is 290 g/mol. The molecule has 23 heavy (non-hydrogen) atoms. The fraction of sp³-hybridized carbons (Fsp3) is 0.882. The van der Waals surface area contributed by atoms with Crippen molar-refractivity contribution in [2.75, 3.05) is 40.3 Å². The molecule has 0 aromatic rings. The van der Waals surface area contributed by atoms with Crippen molar-refractivity contribution in [3.05, 3.63) is 0 Å². The molecule has 1 saturated heterocycles. The summed E-state index contributed by atoms with van der Waals surface area (Å²) in [5.74, 6) is 1.97. The average molecular weight is 323 g/mol. The second kappa shape index (κ2) is 8.52. The van der Waals surface area contributed by atoms with E-state index in [1.807, 2.05) is 0 Å². The van der Waals surface area contributed by atoms with Gasteiger partial charge in [-0.2, -0.15) is 0 Å². The summed E-state index contributed by atoms with van der Waals surface area (Å²) in [6.07, 6.45) is 5.33. The van der Waals surface area contributed by atoms with Crippen LogP contribution in [0.4, 0.5) is 0 Å². The molecule has 1 heterocycles. The summed E-state index contributed by atoms with van der Waals surface area (Å²) in [6, 6.07) is 0.537. The molecule has 1 aliphatic carbocycles. The maximum Gasteiger partial charge on any atom is 0.217 e. The van der Waals surface area contributed by atoms with Crippen LogP contribution in [0.15, 0.2) is 4.99 Å². The normalized spacial score (nSPS) is 23.9. The Balaban J connectivity index is 1.98. The lowest BCUT2D eigenvalue weighted by Gasteiger charge is -2.35. The quantitative estimate of drug-likeness (QED) is 0.539. The van der Waals surface area contributed by atoms with Crippen LogP contribution in [-0.2, 0) is 4.79 Å². The maximum atomic E-state index is 11.2. The van der Waals surface area contributed by atoms with Gasteiger partial charge in [0.25, 0.3) is 0 Å². The van der Waals surface area contributed by atoms with Gasteiger partial charge >= 0.3 is 0 Å². The largest absolute Gasteiger partial charge is 0.370 e. The van der Waals surface area contributed by atoms with E-state index in [0.717, 1.165) is 50.9 Å². The van der Waals surface area contributed by atoms with Gasteiger partial charge in [0.1, 0.15) is 0 Å². The molecule has 3 N–H and O–H groups in total. The van der Waals surface area contributed by atoms with Crippen molar-refractivity contribution in [3.8, 4) is 0 Å². The molecule has 6 heteroatoms. The predicted molar refractivity (Wildman–Crippen MR) is 94.3 cm³/mol. The Morgan fingerprint density at radius 1 is 1.39 bits per heavy atom. The number of piperidine rings is 1. The molecule has 2 aliphatic rings. The lowest BCUT2D eigenvalue weighted by Crippen LogP contribution is -2.47. The summed E-state index contributed by atoms with van der Waals surface area (Å²) in [4.78, 5) is 20.7. The summed E-state index contributed by atoms with van der Waals surface area (Å²) < 4.78 is 0. The minimum absolute atomic E-state index is 0.194. The van der Waals surface area contributed by atoms with Crippen molar-refractivity contribution in [1.29, 1.82) is 0 Å². The van der Waals surface area contributed by atoms with Crippen LogP contribution in [0.5, 0.6) is 0 Å². The molecule has 0 spiro atoms. The fourth-order valence-corrected chi connectivity index (χ4v) is 3.53. The molecule has 1 saturated carbocycles. The molecule has 1 aliphatic heterocycles. The predicted octanol–water partition coefficient (Wildman–Crippen LogP) is 0.880. The number of rotatable bonds is 7. The highest BCUT2D eigenvalue weighted by Crippen LogP contribution is 2.34. The molecule has 0 aromatic heterocycles. The molecule has 2 rings (SSSR count). The van der Waals surface area contributed by atoms with Crippen LogP contribution in [0.2, 0.25) is 0 Å². The Bertz CT molecular complexity index is 417. The van der Waals surface area contributed by atoms with E-state index in [1.54, 1.807) is 0 Å². The second-order valence-electron chi connectivity index (χ2n) is 7.19. The van der Waals surface area contributed by atoms with Gasteiger partial charge in [-0.25, -0.2) is 0 Å². The molecule has 132 valence electrons. The van der Waals surface area contributed by atoms with Gasteiger partial charge in [-0.3, -0.25) is 9.79 Å². The summed E-state index contributed by atoms with van der Waals surface area (Å²) in [7, 11) is 4.30. The van der Waals surface area contributed by atoms with E-state index in [-0.39, 0.29) is 5.91 Å². The van der Waals surface area contributed by atoms with Crippen molar-refractivity contribution in [2.24, 2.45) is 22.6 Å². The molecule has 6 nitrogen and oxygen atoms in total. The van der Waals surface area contributed by atoms with E-state index in [9.17, 15) is 4.79 Å². The highest BCUT2D eigenvalue weighted by Gasteiger charge is 2.32. The van der Waals surface area contributed by atoms with Crippen molar-refractivity contribution in [3.63, 3.8) is 0 Å². The van der Waals surface area contributed by atoms with Crippen molar-refractivity contribution < 1.29 is 4.79 Å². The van der Waals surface area contributed by atoms with Crippen LogP contribution in [0.3, 0.4) is 0 Å². The number of nitrogens with one attached hydrogen (secondary N) is 1. The van der Waals surface area contributed by atoms with Gasteiger partial charge in [0.15, 0.2) is 5.96 Å². The first-order valence-electron chi connectivity index (χ1n) is 8.99. The van der Waals surface area contributed by atoms with E-state index >= 15 is 0 Å². The number of likely N-dealkylation sites (N-methyl/N-ethyl adjacent to an activating group) is 1. The lowest BCUT2D eigenvalue weighted by atomic mass is 9.95. The SMILES string of the molecule is CCNC(=NCC(C1CC1)N(C)C)N1CCCC(CC(N)=O)C1. The first-order valence-corrected chi connectivity index (χ1v) is 8.99. The van der Waals surface area contributed by atoms with Crippen LogP contribution in [0.1, 0.15) is 39.0 Å². The fourth-order valence-electron chi connectivity index (χ4n) is 3.53. The Kier molecular flexibility index (Phi) is 6.69. The van der Waals surface area contributed by atoms with Gasteiger partial charge in [0.05, 0.1) is 6.54 Å². The van der Waals surface area contributed by atoms with Gasteiger partial charge in [-0.15, -0.1) is 0 Å². The van der Waals surface area contributed by atoms with Gasteiger partial charge in [-0.1, -0.05) is 0 Å². The van der Waals surface area contributed by atoms with E-state index in [4.69, 9.17) is 10.7 Å². The van der Waals surface area contributed by atoms with Crippen LogP contribution >= 0.6 is 0 Å². The molecule has 1 amide bonds. The number of amides is 1.